The Morgan fingerprint density at radius 1 is 1.33 bits per heavy atom. The Hall–Kier alpha value is -1.68. The molecule has 4 heteroatoms. The Bertz CT molecular complexity index is 538. The van der Waals surface area contributed by atoms with Gasteiger partial charge in [0.1, 0.15) is 0 Å². The summed E-state index contributed by atoms with van der Waals surface area (Å²) in [7, 11) is 4.07. The van der Waals surface area contributed by atoms with Crippen molar-refractivity contribution in [3.63, 3.8) is 0 Å². The molecule has 0 heterocycles. The molecule has 4 nitrogen and oxygen atoms in total. The van der Waals surface area contributed by atoms with Crippen LogP contribution < -0.4 is 5.32 Å². The first-order chi connectivity index (χ1) is 10.0. The fraction of sp³-hybridized carbons (Fsp3) is 0.529. The molecule has 1 aliphatic rings. The van der Waals surface area contributed by atoms with Crippen molar-refractivity contribution in [2.75, 3.05) is 20.6 Å². The van der Waals surface area contributed by atoms with Gasteiger partial charge in [0, 0.05) is 30.1 Å². The summed E-state index contributed by atoms with van der Waals surface area (Å²) in [5.41, 5.74) is 2.30. The van der Waals surface area contributed by atoms with E-state index in [9.17, 15) is 9.59 Å². The highest BCUT2D eigenvalue weighted by atomic mass is 16.1. The molecule has 1 aliphatic carbocycles. The largest absolute Gasteiger partial charge is 0.350 e. The monoisotopic (exact) mass is 288 g/mol. The molecule has 0 aliphatic heterocycles. The number of benzene rings is 1. The molecule has 0 saturated carbocycles. The lowest BCUT2D eigenvalue weighted by molar-refractivity contribution is 0.0939. The molecule has 114 valence electrons. The number of amides is 1. The van der Waals surface area contributed by atoms with Crippen LogP contribution in [-0.2, 0) is 6.42 Å². The molecule has 0 fully saturated rings. The first-order valence-corrected chi connectivity index (χ1v) is 7.64. The summed E-state index contributed by atoms with van der Waals surface area (Å²) in [5.74, 6) is 0.0845. The van der Waals surface area contributed by atoms with Gasteiger partial charge in [0.2, 0.25) is 0 Å². The minimum absolute atomic E-state index is 0.0653. The number of carbonyl (C=O) groups excluding carboxylic acids is 2. The highest BCUT2D eigenvalue weighted by molar-refractivity contribution is 6.05. The van der Waals surface area contributed by atoms with Gasteiger partial charge in [-0.2, -0.15) is 0 Å². The van der Waals surface area contributed by atoms with Crippen molar-refractivity contribution in [2.24, 2.45) is 0 Å². The SMILES string of the molecule is CCC[C@H](CNC(=O)c1cccc2c1CCC2=O)N(C)C. The molecular formula is C17H24N2O2. The molecule has 0 unspecified atom stereocenters. The van der Waals surface area contributed by atoms with Crippen LogP contribution >= 0.6 is 0 Å². The van der Waals surface area contributed by atoms with Crippen molar-refractivity contribution in [1.29, 1.82) is 0 Å². The van der Waals surface area contributed by atoms with E-state index in [1.165, 1.54) is 0 Å². The number of hydrogen-bond acceptors (Lipinski definition) is 3. The van der Waals surface area contributed by atoms with Crippen molar-refractivity contribution in [3.8, 4) is 0 Å². The number of nitrogens with one attached hydrogen (secondary N) is 1. The van der Waals surface area contributed by atoms with Gasteiger partial charge in [0.05, 0.1) is 0 Å². The van der Waals surface area contributed by atoms with Crippen LogP contribution in [0.5, 0.6) is 0 Å². The minimum atomic E-state index is -0.0653. The van der Waals surface area contributed by atoms with Crippen molar-refractivity contribution in [2.45, 2.75) is 38.6 Å². The van der Waals surface area contributed by atoms with Crippen LogP contribution in [0.1, 0.15) is 52.5 Å². The van der Waals surface area contributed by atoms with E-state index in [4.69, 9.17) is 0 Å². The van der Waals surface area contributed by atoms with Gasteiger partial charge in [0.15, 0.2) is 5.78 Å². The number of carbonyl (C=O) groups is 2. The predicted octanol–water partition coefficient (Wildman–Crippen LogP) is 2.28. The molecule has 1 amide bonds. The molecule has 1 aromatic carbocycles. The third-order valence-corrected chi connectivity index (χ3v) is 4.17. The van der Waals surface area contributed by atoms with E-state index >= 15 is 0 Å². The van der Waals surface area contributed by atoms with Crippen molar-refractivity contribution >= 4 is 11.7 Å². The third-order valence-electron chi connectivity index (χ3n) is 4.17. The van der Waals surface area contributed by atoms with E-state index in [1.807, 2.05) is 26.2 Å². The zero-order valence-corrected chi connectivity index (χ0v) is 13.1. The molecule has 0 aromatic heterocycles. The molecule has 0 saturated heterocycles. The molecule has 2 rings (SSSR count). The van der Waals surface area contributed by atoms with Gasteiger partial charge >= 0.3 is 0 Å². The Morgan fingerprint density at radius 3 is 2.76 bits per heavy atom. The van der Waals surface area contributed by atoms with Gasteiger partial charge in [-0.05, 0) is 38.6 Å². The van der Waals surface area contributed by atoms with E-state index in [1.54, 1.807) is 6.07 Å². The van der Waals surface area contributed by atoms with Crippen LogP contribution in [0.15, 0.2) is 18.2 Å². The lowest BCUT2D eigenvalue weighted by Crippen LogP contribution is -2.40. The summed E-state index contributed by atoms with van der Waals surface area (Å²) >= 11 is 0. The Kier molecular flexibility index (Phi) is 5.12. The van der Waals surface area contributed by atoms with Crippen LogP contribution in [0, 0.1) is 0 Å². The van der Waals surface area contributed by atoms with Gasteiger partial charge in [-0.3, -0.25) is 9.59 Å². The standard InChI is InChI=1S/C17H24N2O2/c1-4-6-12(19(2)3)11-18-17(21)15-8-5-7-14-13(15)9-10-16(14)20/h5,7-8,12H,4,6,9-11H2,1-3H3,(H,18,21)/t12-/m1/s1. The maximum Gasteiger partial charge on any atom is 0.251 e. The Morgan fingerprint density at radius 2 is 2.10 bits per heavy atom. The predicted molar refractivity (Wildman–Crippen MR) is 83.8 cm³/mol. The first-order valence-electron chi connectivity index (χ1n) is 7.64. The fourth-order valence-electron chi connectivity index (χ4n) is 2.89. The first kappa shape index (κ1) is 15.7. The van der Waals surface area contributed by atoms with Gasteiger partial charge in [-0.25, -0.2) is 0 Å². The zero-order chi connectivity index (χ0) is 15.4. The number of ketones is 1. The van der Waals surface area contributed by atoms with Gasteiger partial charge in [-0.1, -0.05) is 25.5 Å². The smallest absolute Gasteiger partial charge is 0.251 e. The Labute approximate surface area is 126 Å². The maximum absolute atomic E-state index is 12.4. The number of nitrogens with zero attached hydrogens (tertiary/aromatic N) is 1. The van der Waals surface area contributed by atoms with E-state index < -0.39 is 0 Å². The number of likely N-dealkylation sites (N-methyl/N-ethyl adjacent to an activating group) is 1. The van der Waals surface area contributed by atoms with E-state index in [0.717, 1.165) is 24.0 Å². The summed E-state index contributed by atoms with van der Waals surface area (Å²) in [5, 5.41) is 3.02. The number of Topliss-reactive ketones (excluding diaryl/α,β-unsaturated/α-hetero) is 1. The molecule has 0 bridgehead atoms. The van der Waals surface area contributed by atoms with Crippen molar-refractivity contribution in [1.82, 2.24) is 10.2 Å². The molecular weight excluding hydrogens is 264 g/mol. The molecule has 0 radical (unpaired) electrons. The number of hydrogen-bond donors (Lipinski definition) is 1. The summed E-state index contributed by atoms with van der Waals surface area (Å²) in [4.78, 5) is 26.3. The molecule has 1 N–H and O–H groups in total. The number of rotatable bonds is 6. The highest BCUT2D eigenvalue weighted by Gasteiger charge is 2.24. The normalized spacial score (nSPS) is 15.1. The quantitative estimate of drug-likeness (QED) is 0.873. The number of fused-ring (bicyclic) bond motifs is 1. The highest BCUT2D eigenvalue weighted by Crippen LogP contribution is 2.25. The molecule has 1 aromatic rings. The second kappa shape index (κ2) is 6.85. The van der Waals surface area contributed by atoms with Crippen LogP contribution in [0.4, 0.5) is 0 Å². The van der Waals surface area contributed by atoms with E-state index in [0.29, 0.717) is 31.0 Å². The van der Waals surface area contributed by atoms with Crippen LogP contribution in [0.25, 0.3) is 0 Å². The topological polar surface area (TPSA) is 49.4 Å². The molecule has 1 atom stereocenters. The molecule has 21 heavy (non-hydrogen) atoms. The second-order valence-corrected chi connectivity index (χ2v) is 5.87. The second-order valence-electron chi connectivity index (χ2n) is 5.87. The third kappa shape index (κ3) is 3.50. The van der Waals surface area contributed by atoms with E-state index in [-0.39, 0.29) is 11.7 Å². The zero-order valence-electron chi connectivity index (χ0n) is 13.1. The van der Waals surface area contributed by atoms with Gasteiger partial charge in [-0.15, -0.1) is 0 Å². The van der Waals surface area contributed by atoms with Crippen LogP contribution in [0.2, 0.25) is 0 Å². The maximum atomic E-state index is 12.4. The minimum Gasteiger partial charge on any atom is -0.350 e. The summed E-state index contributed by atoms with van der Waals surface area (Å²) in [6.45, 7) is 2.78. The van der Waals surface area contributed by atoms with Gasteiger partial charge in [0.25, 0.3) is 5.91 Å². The fourth-order valence-corrected chi connectivity index (χ4v) is 2.89. The van der Waals surface area contributed by atoms with Gasteiger partial charge < -0.3 is 10.2 Å². The van der Waals surface area contributed by atoms with E-state index in [2.05, 4.69) is 17.1 Å². The lowest BCUT2D eigenvalue weighted by Gasteiger charge is -2.24. The molecule has 0 spiro atoms. The summed E-state index contributed by atoms with van der Waals surface area (Å²) < 4.78 is 0. The van der Waals surface area contributed by atoms with Crippen LogP contribution in [-0.4, -0.2) is 43.3 Å². The van der Waals surface area contributed by atoms with Crippen molar-refractivity contribution < 1.29 is 9.59 Å². The van der Waals surface area contributed by atoms with Crippen LogP contribution in [0.3, 0.4) is 0 Å². The van der Waals surface area contributed by atoms with Crippen molar-refractivity contribution in [3.05, 3.63) is 34.9 Å². The Balaban J connectivity index is 2.06. The average Bonchev–Trinajstić information content (AvgIpc) is 2.84. The lowest BCUT2D eigenvalue weighted by atomic mass is 10.0. The average molecular weight is 288 g/mol. The summed E-state index contributed by atoms with van der Waals surface area (Å²) in [6.07, 6.45) is 3.35. The summed E-state index contributed by atoms with van der Waals surface area (Å²) in [6, 6.07) is 5.78.